The molecule has 0 aliphatic heterocycles. The van der Waals surface area contributed by atoms with E-state index in [4.69, 9.17) is 4.42 Å². The van der Waals surface area contributed by atoms with Crippen LogP contribution in [0.5, 0.6) is 0 Å². The number of amides is 1. The van der Waals surface area contributed by atoms with E-state index in [-0.39, 0.29) is 5.91 Å². The summed E-state index contributed by atoms with van der Waals surface area (Å²) in [5.41, 5.74) is 4.04. The molecule has 174 valence electrons. The van der Waals surface area contributed by atoms with E-state index in [0.717, 1.165) is 22.0 Å². The number of halogens is 1. The van der Waals surface area contributed by atoms with Crippen LogP contribution in [0.4, 0.5) is 10.1 Å². The Morgan fingerprint density at radius 2 is 1.80 bits per heavy atom. The Morgan fingerprint density at radius 1 is 1.00 bits per heavy atom. The lowest BCUT2D eigenvalue weighted by molar-refractivity contribution is 0.102. The molecule has 5 rings (SSSR count). The van der Waals surface area contributed by atoms with E-state index >= 15 is 0 Å². The highest BCUT2D eigenvalue weighted by Gasteiger charge is 2.18. The van der Waals surface area contributed by atoms with Crippen molar-refractivity contribution in [1.82, 2.24) is 14.8 Å². The van der Waals surface area contributed by atoms with Gasteiger partial charge in [-0.1, -0.05) is 47.7 Å². The highest BCUT2D eigenvalue weighted by Crippen LogP contribution is 2.30. The van der Waals surface area contributed by atoms with Crippen LogP contribution in [0, 0.1) is 12.7 Å². The van der Waals surface area contributed by atoms with Gasteiger partial charge in [-0.2, -0.15) is 0 Å². The van der Waals surface area contributed by atoms with Gasteiger partial charge in [0.25, 0.3) is 5.91 Å². The second-order valence-corrected chi connectivity index (χ2v) is 8.85. The maximum Gasteiger partial charge on any atom is 0.255 e. The number of hydrogen-bond donors (Lipinski definition) is 1. The molecule has 1 N–H and O–H groups in total. The lowest BCUT2D eigenvalue weighted by atomic mass is 10.1. The monoisotopic (exact) mass is 484 g/mol. The zero-order valence-corrected chi connectivity index (χ0v) is 19.6. The summed E-state index contributed by atoms with van der Waals surface area (Å²) in [4.78, 5) is 12.5. The van der Waals surface area contributed by atoms with Crippen molar-refractivity contribution in [2.75, 3.05) is 5.32 Å². The summed E-state index contributed by atoms with van der Waals surface area (Å²) in [7, 11) is 0. The van der Waals surface area contributed by atoms with Gasteiger partial charge in [-0.3, -0.25) is 9.36 Å². The maximum absolute atomic E-state index is 13.4. The summed E-state index contributed by atoms with van der Waals surface area (Å²) in [6.45, 7) is 2.04. The molecule has 5 aromatic rings. The molecule has 3 aromatic carbocycles. The molecule has 6 nitrogen and oxygen atoms in total. The molecule has 1 amide bonds. The number of hydrogen-bond acceptors (Lipinski definition) is 5. The van der Waals surface area contributed by atoms with Crippen LogP contribution in [-0.2, 0) is 5.75 Å². The van der Waals surface area contributed by atoms with Crippen molar-refractivity contribution in [1.29, 1.82) is 0 Å². The Bertz CT molecular complexity index is 1450. The number of carbonyl (C=O) groups excluding carboxylic acids is 1. The Kier molecular flexibility index (Phi) is 6.45. The molecule has 0 spiro atoms. The molecule has 0 aliphatic carbocycles. The number of benzene rings is 3. The summed E-state index contributed by atoms with van der Waals surface area (Å²) in [5, 5.41) is 12.2. The zero-order valence-electron chi connectivity index (χ0n) is 18.8. The van der Waals surface area contributed by atoms with Crippen LogP contribution >= 0.6 is 11.8 Å². The number of aromatic nitrogens is 3. The molecule has 8 heteroatoms. The van der Waals surface area contributed by atoms with Gasteiger partial charge < -0.3 is 9.73 Å². The predicted molar refractivity (Wildman–Crippen MR) is 134 cm³/mol. The maximum atomic E-state index is 13.4. The molecule has 0 saturated heterocycles. The first-order chi connectivity index (χ1) is 17.1. The van der Waals surface area contributed by atoms with Crippen LogP contribution in [-0.4, -0.2) is 20.7 Å². The van der Waals surface area contributed by atoms with Crippen LogP contribution in [0.2, 0.25) is 0 Å². The molecule has 0 aliphatic rings. The lowest BCUT2D eigenvalue weighted by Gasteiger charge is -2.10. The number of aryl methyl sites for hydroxylation is 1. The fourth-order valence-electron chi connectivity index (χ4n) is 3.53. The van der Waals surface area contributed by atoms with Crippen molar-refractivity contribution in [3.63, 3.8) is 0 Å². The van der Waals surface area contributed by atoms with Crippen molar-refractivity contribution in [2.45, 2.75) is 17.8 Å². The standard InChI is InChI=1S/C27H21FN4O2S/c1-18-7-13-23(14-8-18)32-25(24-6-3-15-34-24)30-31-27(32)35-17-19-9-11-20(12-10-19)26(33)29-22-5-2-4-21(28)16-22/h2-16H,17H2,1H3,(H,29,33). The molecule has 2 aromatic heterocycles. The van der Waals surface area contributed by atoms with Crippen LogP contribution in [0.25, 0.3) is 17.3 Å². The predicted octanol–water partition coefficient (Wildman–Crippen LogP) is 6.52. The summed E-state index contributed by atoms with van der Waals surface area (Å²) in [5.74, 6) is 1.21. The fraction of sp³-hybridized carbons (Fsp3) is 0.0741. The topological polar surface area (TPSA) is 73.0 Å². The van der Waals surface area contributed by atoms with Gasteiger partial charge in [-0.15, -0.1) is 10.2 Å². The first-order valence-corrected chi connectivity index (χ1v) is 11.9. The van der Waals surface area contributed by atoms with Crippen molar-refractivity contribution in [3.05, 3.63) is 114 Å². The quantitative estimate of drug-likeness (QED) is 0.266. The third-order valence-electron chi connectivity index (χ3n) is 5.33. The molecule has 35 heavy (non-hydrogen) atoms. The van der Waals surface area contributed by atoms with Crippen molar-refractivity contribution in [3.8, 4) is 17.3 Å². The van der Waals surface area contributed by atoms with Crippen LogP contribution in [0.3, 0.4) is 0 Å². The van der Waals surface area contributed by atoms with E-state index in [1.165, 1.54) is 12.1 Å². The minimum Gasteiger partial charge on any atom is -0.461 e. The zero-order chi connectivity index (χ0) is 24.2. The van der Waals surface area contributed by atoms with Gasteiger partial charge in [0.1, 0.15) is 5.82 Å². The largest absolute Gasteiger partial charge is 0.461 e. The van der Waals surface area contributed by atoms with Gasteiger partial charge in [0, 0.05) is 22.7 Å². The second kappa shape index (κ2) is 9.99. The van der Waals surface area contributed by atoms with E-state index in [9.17, 15) is 9.18 Å². The number of rotatable bonds is 7. The number of thioether (sulfide) groups is 1. The van der Waals surface area contributed by atoms with Gasteiger partial charge in [0.15, 0.2) is 10.9 Å². The number of carbonyl (C=O) groups is 1. The molecule has 0 radical (unpaired) electrons. The van der Waals surface area contributed by atoms with Gasteiger partial charge in [0.2, 0.25) is 5.82 Å². The smallest absolute Gasteiger partial charge is 0.255 e. The number of nitrogens with one attached hydrogen (secondary N) is 1. The summed E-state index contributed by atoms with van der Waals surface area (Å²) in [6.07, 6.45) is 1.61. The first-order valence-electron chi connectivity index (χ1n) is 10.9. The van der Waals surface area contributed by atoms with Crippen molar-refractivity contribution in [2.24, 2.45) is 0 Å². The second-order valence-electron chi connectivity index (χ2n) is 7.90. The Hall–Kier alpha value is -4.17. The summed E-state index contributed by atoms with van der Waals surface area (Å²) >= 11 is 1.54. The molecule has 2 heterocycles. The Morgan fingerprint density at radius 3 is 2.51 bits per heavy atom. The van der Waals surface area contributed by atoms with Gasteiger partial charge in [-0.05, 0) is 67.1 Å². The van der Waals surface area contributed by atoms with Crippen LogP contribution in [0.1, 0.15) is 21.5 Å². The first kappa shape index (κ1) is 22.6. The average molecular weight is 485 g/mol. The minimum atomic E-state index is -0.399. The number of nitrogens with zero attached hydrogens (tertiary/aromatic N) is 3. The van der Waals surface area contributed by atoms with Crippen molar-refractivity contribution < 1.29 is 13.6 Å². The summed E-state index contributed by atoms with van der Waals surface area (Å²) < 4.78 is 20.9. The highest BCUT2D eigenvalue weighted by atomic mass is 32.2. The molecule has 0 unspecified atom stereocenters. The Labute approximate surface area is 205 Å². The molecule has 0 saturated carbocycles. The summed E-state index contributed by atoms with van der Waals surface area (Å²) in [6, 6.07) is 24.9. The van der Waals surface area contributed by atoms with E-state index in [1.807, 2.05) is 60.0 Å². The normalized spacial score (nSPS) is 10.9. The third-order valence-corrected chi connectivity index (χ3v) is 6.33. The molecule has 0 atom stereocenters. The van der Waals surface area contributed by atoms with E-state index in [0.29, 0.717) is 28.6 Å². The third kappa shape index (κ3) is 5.17. The molecular formula is C27H21FN4O2S. The molecule has 0 fully saturated rings. The molecular weight excluding hydrogens is 463 g/mol. The molecule has 0 bridgehead atoms. The SMILES string of the molecule is Cc1ccc(-n2c(SCc3ccc(C(=O)Nc4cccc(F)c4)cc3)nnc2-c2ccco2)cc1. The van der Waals surface area contributed by atoms with Crippen LogP contribution in [0.15, 0.2) is 101 Å². The number of furan rings is 1. The minimum absolute atomic E-state index is 0.294. The van der Waals surface area contributed by atoms with Gasteiger partial charge in [-0.25, -0.2) is 4.39 Å². The van der Waals surface area contributed by atoms with Crippen LogP contribution < -0.4 is 5.32 Å². The van der Waals surface area contributed by atoms with E-state index in [1.54, 1.807) is 42.3 Å². The van der Waals surface area contributed by atoms with E-state index < -0.39 is 5.82 Å². The highest BCUT2D eigenvalue weighted by molar-refractivity contribution is 7.98. The van der Waals surface area contributed by atoms with Crippen molar-refractivity contribution >= 4 is 23.4 Å². The number of anilines is 1. The van der Waals surface area contributed by atoms with E-state index in [2.05, 4.69) is 15.5 Å². The lowest BCUT2D eigenvalue weighted by Crippen LogP contribution is -2.11. The van der Waals surface area contributed by atoms with Gasteiger partial charge in [0.05, 0.1) is 6.26 Å². The Balaban J connectivity index is 1.32. The fourth-order valence-corrected chi connectivity index (χ4v) is 4.43. The van der Waals surface area contributed by atoms with Gasteiger partial charge >= 0.3 is 0 Å². The average Bonchev–Trinajstić information content (AvgIpc) is 3.54.